The van der Waals surface area contributed by atoms with Gasteiger partial charge in [0, 0.05) is 44.3 Å². The molecule has 0 aromatic carbocycles. The lowest BCUT2D eigenvalue weighted by atomic mass is 10.2. The molecule has 0 unspecified atom stereocenters. The van der Waals surface area contributed by atoms with Gasteiger partial charge in [0.05, 0.1) is 0 Å². The van der Waals surface area contributed by atoms with Gasteiger partial charge < -0.3 is 10.2 Å². The quantitative estimate of drug-likeness (QED) is 0.905. The lowest BCUT2D eigenvalue weighted by Crippen LogP contribution is -2.15. The SMILES string of the molecule is CCc1nc(NCc2cccnc2N(C)C)ncc1C. The Hall–Kier alpha value is -2.17. The highest BCUT2D eigenvalue weighted by atomic mass is 15.1. The summed E-state index contributed by atoms with van der Waals surface area (Å²) in [5.41, 5.74) is 3.34. The summed E-state index contributed by atoms with van der Waals surface area (Å²) < 4.78 is 0. The van der Waals surface area contributed by atoms with Crippen molar-refractivity contribution < 1.29 is 0 Å². The Morgan fingerprint density at radius 3 is 2.75 bits per heavy atom. The Morgan fingerprint density at radius 2 is 2.05 bits per heavy atom. The predicted octanol–water partition coefficient (Wildman–Crippen LogP) is 2.42. The summed E-state index contributed by atoms with van der Waals surface area (Å²) in [6.07, 6.45) is 4.58. The van der Waals surface area contributed by atoms with Crippen molar-refractivity contribution in [1.29, 1.82) is 0 Å². The van der Waals surface area contributed by atoms with Crippen LogP contribution in [0.15, 0.2) is 24.5 Å². The molecule has 2 heterocycles. The molecule has 5 nitrogen and oxygen atoms in total. The number of nitrogens with one attached hydrogen (secondary N) is 1. The average molecular weight is 271 g/mol. The van der Waals surface area contributed by atoms with Crippen LogP contribution in [0.3, 0.4) is 0 Å². The molecule has 0 aliphatic rings. The van der Waals surface area contributed by atoms with Gasteiger partial charge >= 0.3 is 0 Å². The standard InChI is InChI=1S/C15H21N5/c1-5-13-11(2)9-17-15(19-13)18-10-12-7-6-8-16-14(12)20(3)4/h6-9H,5,10H2,1-4H3,(H,17,18,19). The van der Waals surface area contributed by atoms with Crippen LogP contribution in [0.25, 0.3) is 0 Å². The summed E-state index contributed by atoms with van der Waals surface area (Å²) in [5, 5.41) is 3.27. The molecule has 106 valence electrons. The van der Waals surface area contributed by atoms with Gasteiger partial charge in [-0.3, -0.25) is 0 Å². The van der Waals surface area contributed by atoms with E-state index in [0.717, 1.165) is 29.1 Å². The van der Waals surface area contributed by atoms with Crippen LogP contribution in [0, 0.1) is 6.92 Å². The summed E-state index contributed by atoms with van der Waals surface area (Å²) in [6.45, 7) is 4.80. The highest BCUT2D eigenvalue weighted by molar-refractivity contribution is 5.46. The van der Waals surface area contributed by atoms with Crippen LogP contribution >= 0.6 is 0 Å². The summed E-state index contributed by atoms with van der Waals surface area (Å²) in [5.74, 6) is 1.63. The Balaban J connectivity index is 2.13. The smallest absolute Gasteiger partial charge is 0.223 e. The first-order valence-corrected chi connectivity index (χ1v) is 6.79. The van der Waals surface area contributed by atoms with Gasteiger partial charge in [0.15, 0.2) is 0 Å². The Labute approximate surface area is 120 Å². The topological polar surface area (TPSA) is 53.9 Å². The molecule has 1 N–H and O–H groups in total. The van der Waals surface area contributed by atoms with E-state index >= 15 is 0 Å². The molecule has 0 spiro atoms. The van der Waals surface area contributed by atoms with Gasteiger partial charge in [-0.2, -0.15) is 0 Å². The zero-order chi connectivity index (χ0) is 14.5. The van der Waals surface area contributed by atoms with E-state index in [1.807, 2.05) is 38.2 Å². The molecule has 0 amide bonds. The second-order valence-corrected chi connectivity index (χ2v) is 4.91. The van der Waals surface area contributed by atoms with E-state index in [1.54, 1.807) is 6.20 Å². The zero-order valence-electron chi connectivity index (χ0n) is 12.5. The molecule has 0 atom stereocenters. The maximum atomic E-state index is 4.52. The number of anilines is 2. The fraction of sp³-hybridized carbons (Fsp3) is 0.400. The number of pyridine rings is 1. The summed E-state index contributed by atoms with van der Waals surface area (Å²) in [4.78, 5) is 15.2. The fourth-order valence-corrected chi connectivity index (χ4v) is 2.07. The van der Waals surface area contributed by atoms with Crippen molar-refractivity contribution in [3.05, 3.63) is 41.3 Å². The normalized spacial score (nSPS) is 10.4. The maximum Gasteiger partial charge on any atom is 0.223 e. The van der Waals surface area contributed by atoms with Crippen molar-refractivity contribution in [1.82, 2.24) is 15.0 Å². The van der Waals surface area contributed by atoms with Gasteiger partial charge in [-0.1, -0.05) is 13.0 Å². The molecule has 2 rings (SSSR count). The van der Waals surface area contributed by atoms with Crippen molar-refractivity contribution in [3.63, 3.8) is 0 Å². The van der Waals surface area contributed by atoms with Crippen LogP contribution in [0.1, 0.15) is 23.7 Å². The molecule has 2 aromatic rings. The number of hydrogen-bond donors (Lipinski definition) is 1. The number of aryl methyl sites for hydroxylation is 2. The van der Waals surface area contributed by atoms with E-state index < -0.39 is 0 Å². The number of nitrogens with zero attached hydrogens (tertiary/aromatic N) is 4. The van der Waals surface area contributed by atoms with E-state index in [0.29, 0.717) is 12.5 Å². The maximum absolute atomic E-state index is 4.52. The third kappa shape index (κ3) is 3.23. The minimum absolute atomic E-state index is 0.660. The zero-order valence-corrected chi connectivity index (χ0v) is 12.5. The van der Waals surface area contributed by atoms with Gasteiger partial charge in [0.2, 0.25) is 5.95 Å². The summed E-state index contributed by atoms with van der Waals surface area (Å²) >= 11 is 0. The predicted molar refractivity (Wildman–Crippen MR) is 82.0 cm³/mol. The molecule has 20 heavy (non-hydrogen) atoms. The van der Waals surface area contributed by atoms with Crippen molar-refractivity contribution >= 4 is 11.8 Å². The Morgan fingerprint density at radius 1 is 1.25 bits per heavy atom. The van der Waals surface area contributed by atoms with Crippen molar-refractivity contribution in [2.75, 3.05) is 24.3 Å². The molecule has 0 aliphatic carbocycles. The molecule has 0 bridgehead atoms. The van der Waals surface area contributed by atoms with Gasteiger partial charge in [0.1, 0.15) is 5.82 Å². The largest absolute Gasteiger partial charge is 0.362 e. The van der Waals surface area contributed by atoms with E-state index in [9.17, 15) is 0 Å². The van der Waals surface area contributed by atoms with Gasteiger partial charge in [-0.25, -0.2) is 15.0 Å². The van der Waals surface area contributed by atoms with E-state index in [4.69, 9.17) is 0 Å². The van der Waals surface area contributed by atoms with Gasteiger partial charge in [-0.15, -0.1) is 0 Å². The molecule has 0 saturated carbocycles. The molecule has 0 aliphatic heterocycles. The highest BCUT2D eigenvalue weighted by Gasteiger charge is 2.06. The number of rotatable bonds is 5. The van der Waals surface area contributed by atoms with Gasteiger partial charge in [0.25, 0.3) is 0 Å². The van der Waals surface area contributed by atoms with Crippen LogP contribution in [-0.4, -0.2) is 29.0 Å². The van der Waals surface area contributed by atoms with Crippen LogP contribution in [0.4, 0.5) is 11.8 Å². The second kappa shape index (κ2) is 6.32. The molecule has 5 heteroatoms. The highest BCUT2D eigenvalue weighted by Crippen LogP contribution is 2.16. The van der Waals surface area contributed by atoms with E-state index in [2.05, 4.69) is 33.3 Å². The first-order valence-electron chi connectivity index (χ1n) is 6.79. The Kier molecular flexibility index (Phi) is 4.50. The molecular weight excluding hydrogens is 250 g/mol. The fourth-order valence-electron chi connectivity index (χ4n) is 2.07. The first kappa shape index (κ1) is 14.2. The molecule has 0 radical (unpaired) electrons. The molecule has 2 aromatic heterocycles. The van der Waals surface area contributed by atoms with Crippen molar-refractivity contribution in [2.24, 2.45) is 0 Å². The minimum atomic E-state index is 0.660. The molecular formula is C15H21N5. The first-order chi connectivity index (χ1) is 9.61. The van der Waals surface area contributed by atoms with Crippen molar-refractivity contribution in [2.45, 2.75) is 26.8 Å². The lowest BCUT2D eigenvalue weighted by Gasteiger charge is -2.16. The third-order valence-corrected chi connectivity index (χ3v) is 3.14. The van der Waals surface area contributed by atoms with Crippen LogP contribution < -0.4 is 10.2 Å². The lowest BCUT2D eigenvalue weighted by molar-refractivity contribution is 0.944. The number of hydrogen-bond acceptors (Lipinski definition) is 5. The van der Waals surface area contributed by atoms with E-state index in [1.165, 1.54) is 0 Å². The van der Waals surface area contributed by atoms with Crippen LogP contribution in [0.5, 0.6) is 0 Å². The average Bonchev–Trinajstić information content (AvgIpc) is 2.46. The monoisotopic (exact) mass is 271 g/mol. The van der Waals surface area contributed by atoms with E-state index in [-0.39, 0.29) is 0 Å². The van der Waals surface area contributed by atoms with Crippen molar-refractivity contribution in [3.8, 4) is 0 Å². The minimum Gasteiger partial charge on any atom is -0.362 e. The Bertz CT molecular complexity index is 580. The van der Waals surface area contributed by atoms with Gasteiger partial charge in [-0.05, 0) is 25.0 Å². The summed E-state index contributed by atoms with van der Waals surface area (Å²) in [6, 6.07) is 4.00. The second-order valence-electron chi connectivity index (χ2n) is 4.91. The number of aromatic nitrogens is 3. The molecule has 0 saturated heterocycles. The molecule has 0 fully saturated rings. The summed E-state index contributed by atoms with van der Waals surface area (Å²) in [7, 11) is 3.98. The third-order valence-electron chi connectivity index (χ3n) is 3.14. The van der Waals surface area contributed by atoms with Crippen LogP contribution in [0.2, 0.25) is 0 Å². The van der Waals surface area contributed by atoms with Crippen LogP contribution in [-0.2, 0) is 13.0 Å².